The highest BCUT2D eigenvalue weighted by Gasteiger charge is 2.56. The van der Waals surface area contributed by atoms with Gasteiger partial charge < -0.3 is 5.32 Å². The number of piperidine rings is 2. The molecule has 2 aliphatic heterocycles. The maximum absolute atomic E-state index is 13.2. The Morgan fingerprint density at radius 1 is 1.26 bits per heavy atom. The number of hydrogen-bond acceptors (Lipinski definition) is 3. The molecule has 0 saturated carbocycles. The largest absolute Gasteiger partial charge is 0.392 e. The number of alkyl halides is 3. The average Bonchev–Trinajstić information content (AvgIpc) is 2.27. The molecule has 0 aromatic heterocycles. The van der Waals surface area contributed by atoms with Crippen LogP contribution in [0.1, 0.15) is 19.3 Å². The molecule has 1 atom stereocenters. The van der Waals surface area contributed by atoms with E-state index in [1.807, 2.05) is 0 Å². The van der Waals surface area contributed by atoms with E-state index in [1.54, 1.807) is 0 Å². The molecule has 2 aliphatic rings. The molecule has 8 heteroatoms. The van der Waals surface area contributed by atoms with Crippen LogP contribution in [0.15, 0.2) is 0 Å². The van der Waals surface area contributed by atoms with Crippen molar-refractivity contribution in [3.05, 3.63) is 0 Å². The van der Waals surface area contributed by atoms with E-state index >= 15 is 0 Å². The summed E-state index contributed by atoms with van der Waals surface area (Å²) in [4.78, 5) is 0. The number of rotatable bonds is 1. The second-order valence-corrected chi connectivity index (χ2v) is 7.57. The lowest BCUT2D eigenvalue weighted by atomic mass is 9.65. The van der Waals surface area contributed by atoms with Crippen LogP contribution in [0.2, 0.25) is 0 Å². The maximum Gasteiger partial charge on any atom is 0.392 e. The highest BCUT2D eigenvalue weighted by Crippen LogP contribution is 2.50. The topological polar surface area (TPSA) is 49.4 Å². The first-order valence-electron chi connectivity index (χ1n) is 6.38. The third-order valence-corrected chi connectivity index (χ3v) is 5.61. The molecule has 0 unspecified atom stereocenters. The lowest BCUT2D eigenvalue weighted by Crippen LogP contribution is -2.57. The minimum Gasteiger partial charge on any atom is -0.317 e. The second-order valence-electron chi connectivity index (χ2n) is 5.59. The van der Waals surface area contributed by atoms with Gasteiger partial charge in [-0.1, -0.05) is 0 Å². The number of hydrogen-bond donors (Lipinski definition) is 1. The van der Waals surface area contributed by atoms with Crippen LogP contribution in [-0.4, -0.2) is 51.3 Å². The Morgan fingerprint density at radius 3 is 2.32 bits per heavy atom. The molecular formula is C11H19F3N2O2S. The average molecular weight is 300 g/mol. The first kappa shape index (κ1) is 15.1. The van der Waals surface area contributed by atoms with Gasteiger partial charge in [-0.3, -0.25) is 0 Å². The SMILES string of the molecule is CS(=O)(=O)N1CC[C@@H](C(F)(F)F)C2(CCNCC2)C1. The smallest absolute Gasteiger partial charge is 0.317 e. The Bertz CT molecular complexity index is 430. The van der Waals surface area contributed by atoms with Crippen LogP contribution >= 0.6 is 0 Å². The second kappa shape index (κ2) is 4.89. The molecule has 112 valence electrons. The van der Waals surface area contributed by atoms with Gasteiger partial charge in [0.15, 0.2) is 0 Å². The molecule has 2 heterocycles. The van der Waals surface area contributed by atoms with Crippen molar-refractivity contribution < 1.29 is 21.6 Å². The van der Waals surface area contributed by atoms with Crippen molar-refractivity contribution in [2.75, 3.05) is 32.4 Å². The van der Waals surface area contributed by atoms with Crippen LogP contribution in [0.25, 0.3) is 0 Å². The highest BCUT2D eigenvalue weighted by molar-refractivity contribution is 7.88. The van der Waals surface area contributed by atoms with Crippen LogP contribution in [0.5, 0.6) is 0 Å². The van der Waals surface area contributed by atoms with Crippen LogP contribution in [0.3, 0.4) is 0 Å². The molecule has 0 amide bonds. The molecule has 2 rings (SSSR count). The third-order valence-electron chi connectivity index (χ3n) is 4.36. The maximum atomic E-state index is 13.2. The minimum absolute atomic E-state index is 0.00229. The van der Waals surface area contributed by atoms with Crippen molar-refractivity contribution >= 4 is 10.0 Å². The number of nitrogens with one attached hydrogen (secondary N) is 1. The highest BCUT2D eigenvalue weighted by atomic mass is 32.2. The molecule has 2 saturated heterocycles. The minimum atomic E-state index is -4.25. The molecule has 0 bridgehead atoms. The fraction of sp³-hybridized carbons (Fsp3) is 1.00. The summed E-state index contributed by atoms with van der Waals surface area (Å²) in [6.45, 7) is 1.00. The van der Waals surface area contributed by atoms with E-state index in [-0.39, 0.29) is 19.5 Å². The first-order chi connectivity index (χ1) is 8.65. The van der Waals surface area contributed by atoms with Gasteiger partial charge in [-0.05, 0) is 37.8 Å². The normalized spacial score (nSPS) is 29.6. The van der Waals surface area contributed by atoms with Gasteiger partial charge >= 0.3 is 6.18 Å². The Hall–Kier alpha value is -0.340. The Labute approximate surface area is 111 Å². The molecule has 0 radical (unpaired) electrons. The summed E-state index contributed by atoms with van der Waals surface area (Å²) in [5, 5.41) is 3.05. The third kappa shape index (κ3) is 3.05. The zero-order chi connectivity index (χ0) is 14.3. The van der Waals surface area contributed by atoms with Crippen LogP contribution < -0.4 is 5.32 Å². The molecule has 1 N–H and O–H groups in total. The number of sulfonamides is 1. The predicted octanol–water partition coefficient (Wildman–Crippen LogP) is 1.20. The molecule has 0 aliphatic carbocycles. The van der Waals surface area contributed by atoms with Crippen molar-refractivity contribution in [2.45, 2.75) is 25.4 Å². The fourth-order valence-corrected chi connectivity index (χ4v) is 4.27. The van der Waals surface area contributed by atoms with Gasteiger partial charge in [-0.15, -0.1) is 0 Å². The summed E-state index contributed by atoms with van der Waals surface area (Å²) >= 11 is 0. The van der Waals surface area contributed by atoms with Crippen LogP contribution in [0.4, 0.5) is 13.2 Å². The fourth-order valence-electron chi connectivity index (χ4n) is 3.34. The zero-order valence-electron chi connectivity index (χ0n) is 10.8. The molecule has 2 fully saturated rings. The number of halogens is 3. The summed E-state index contributed by atoms with van der Waals surface area (Å²) in [7, 11) is -3.42. The van der Waals surface area contributed by atoms with Gasteiger partial charge in [0.1, 0.15) is 0 Å². The lowest BCUT2D eigenvalue weighted by Gasteiger charge is -2.50. The van der Waals surface area contributed by atoms with Crippen molar-refractivity contribution in [3.8, 4) is 0 Å². The first-order valence-corrected chi connectivity index (χ1v) is 8.23. The van der Waals surface area contributed by atoms with Gasteiger partial charge in [-0.2, -0.15) is 13.2 Å². The summed E-state index contributed by atoms with van der Waals surface area (Å²) < 4.78 is 64.0. The van der Waals surface area contributed by atoms with E-state index in [1.165, 1.54) is 4.31 Å². The predicted molar refractivity (Wildman–Crippen MR) is 65.1 cm³/mol. The van der Waals surface area contributed by atoms with E-state index in [0.29, 0.717) is 25.9 Å². The van der Waals surface area contributed by atoms with Gasteiger partial charge in [0.05, 0.1) is 12.2 Å². The van der Waals surface area contributed by atoms with Crippen molar-refractivity contribution in [1.82, 2.24) is 9.62 Å². The lowest BCUT2D eigenvalue weighted by molar-refractivity contribution is -0.223. The van der Waals surface area contributed by atoms with E-state index in [0.717, 1.165) is 6.26 Å². The molecule has 1 spiro atoms. The summed E-state index contributed by atoms with van der Waals surface area (Å²) in [6.07, 6.45) is -2.56. The summed E-state index contributed by atoms with van der Waals surface area (Å²) in [5.74, 6) is -1.39. The monoisotopic (exact) mass is 300 g/mol. The molecular weight excluding hydrogens is 281 g/mol. The van der Waals surface area contributed by atoms with E-state index in [2.05, 4.69) is 5.32 Å². The van der Waals surface area contributed by atoms with Gasteiger partial charge in [-0.25, -0.2) is 12.7 Å². The Kier molecular flexibility index (Phi) is 3.88. The zero-order valence-corrected chi connectivity index (χ0v) is 11.6. The molecule has 0 aromatic carbocycles. The Balaban J connectivity index is 2.29. The van der Waals surface area contributed by atoms with Crippen molar-refractivity contribution in [3.63, 3.8) is 0 Å². The molecule has 19 heavy (non-hydrogen) atoms. The van der Waals surface area contributed by atoms with E-state index in [4.69, 9.17) is 0 Å². The van der Waals surface area contributed by atoms with Crippen LogP contribution in [0, 0.1) is 11.3 Å². The quantitative estimate of drug-likeness (QED) is 0.791. The van der Waals surface area contributed by atoms with E-state index in [9.17, 15) is 21.6 Å². The van der Waals surface area contributed by atoms with Crippen LogP contribution in [-0.2, 0) is 10.0 Å². The van der Waals surface area contributed by atoms with Gasteiger partial charge in [0.25, 0.3) is 0 Å². The standard InChI is InChI=1S/C11H19F3N2O2S/c1-19(17,18)16-7-2-9(11(12,13)14)10(8-16)3-5-15-6-4-10/h9,15H,2-8H2,1H3/t9-/m1/s1. The molecule has 0 aromatic rings. The van der Waals surface area contributed by atoms with Crippen molar-refractivity contribution in [2.24, 2.45) is 11.3 Å². The van der Waals surface area contributed by atoms with Gasteiger partial charge in [0.2, 0.25) is 10.0 Å². The summed E-state index contributed by atoms with van der Waals surface area (Å²) in [5.41, 5.74) is -0.954. The van der Waals surface area contributed by atoms with Gasteiger partial charge in [0, 0.05) is 13.1 Å². The number of nitrogens with zero attached hydrogens (tertiary/aromatic N) is 1. The summed E-state index contributed by atoms with van der Waals surface area (Å²) in [6, 6.07) is 0. The molecule has 4 nitrogen and oxygen atoms in total. The Morgan fingerprint density at radius 2 is 1.84 bits per heavy atom. The van der Waals surface area contributed by atoms with Crippen molar-refractivity contribution in [1.29, 1.82) is 0 Å². The van der Waals surface area contributed by atoms with E-state index < -0.39 is 27.5 Å².